The Labute approximate surface area is 153 Å². The Bertz CT molecular complexity index is 536. The van der Waals surface area contributed by atoms with Crippen LogP contribution in [0.5, 0.6) is 0 Å². The van der Waals surface area contributed by atoms with Crippen molar-refractivity contribution in [2.24, 2.45) is 0 Å². The molecule has 1 aliphatic heterocycles. The van der Waals surface area contributed by atoms with E-state index in [0.717, 1.165) is 42.6 Å². The smallest absolute Gasteiger partial charge is 0.241 e. The van der Waals surface area contributed by atoms with Gasteiger partial charge in [0, 0.05) is 11.7 Å². The molecule has 1 aromatic carbocycles. The monoisotopic (exact) mass is 352 g/mol. The Morgan fingerprint density at radius 1 is 1.21 bits per heavy atom. The Morgan fingerprint density at radius 2 is 1.83 bits per heavy atom. The van der Waals surface area contributed by atoms with Gasteiger partial charge in [0.25, 0.3) is 0 Å². The lowest BCUT2D eigenvalue weighted by Gasteiger charge is -2.40. The van der Waals surface area contributed by atoms with E-state index in [1.807, 2.05) is 0 Å². The fraction of sp³-hybridized carbons (Fsp3) is 0.650. The van der Waals surface area contributed by atoms with Gasteiger partial charge in [-0.3, -0.25) is 9.69 Å². The summed E-state index contributed by atoms with van der Waals surface area (Å²) in [6.07, 6.45) is 5.66. The molecule has 24 heavy (non-hydrogen) atoms. The number of carbonyl (C=O) groups is 1. The van der Waals surface area contributed by atoms with Crippen LogP contribution in [-0.4, -0.2) is 29.4 Å². The highest BCUT2D eigenvalue weighted by Crippen LogP contribution is 2.27. The summed E-state index contributed by atoms with van der Waals surface area (Å²) in [4.78, 5) is 15.3. The summed E-state index contributed by atoms with van der Waals surface area (Å²) in [5, 5.41) is 3.22. The van der Waals surface area contributed by atoms with Crippen LogP contribution in [0, 0.1) is 20.8 Å². The third-order valence-corrected chi connectivity index (χ3v) is 5.06. The molecule has 1 amide bonds. The lowest BCUT2D eigenvalue weighted by molar-refractivity contribution is -0.123. The average molecular weight is 353 g/mol. The maximum absolute atomic E-state index is 12.9. The molecule has 2 atom stereocenters. The molecule has 136 valence electrons. The zero-order valence-electron chi connectivity index (χ0n) is 15.8. The molecule has 1 aliphatic rings. The molecule has 0 unspecified atom stereocenters. The minimum absolute atomic E-state index is 0. The van der Waals surface area contributed by atoms with Gasteiger partial charge in [0.05, 0.1) is 6.04 Å². The first-order chi connectivity index (χ1) is 10.9. The number of rotatable bonds is 5. The summed E-state index contributed by atoms with van der Waals surface area (Å²) in [6.45, 7) is 11.8. The molecule has 0 saturated carbocycles. The van der Waals surface area contributed by atoms with Gasteiger partial charge in [0.2, 0.25) is 5.91 Å². The molecule has 0 radical (unpaired) electrons. The number of likely N-dealkylation sites (tertiary alicyclic amines) is 1. The number of nitrogens with one attached hydrogen (secondary N) is 1. The Hall–Kier alpha value is -1.06. The van der Waals surface area contributed by atoms with Crippen LogP contribution in [0.15, 0.2) is 12.1 Å². The second-order valence-corrected chi connectivity index (χ2v) is 7.15. The number of benzene rings is 1. The molecule has 1 heterocycles. The Balaban J connectivity index is 0.00000288. The quantitative estimate of drug-likeness (QED) is 0.807. The summed E-state index contributed by atoms with van der Waals surface area (Å²) in [5.74, 6) is 0.169. The van der Waals surface area contributed by atoms with Crippen LogP contribution >= 0.6 is 12.4 Å². The maximum Gasteiger partial charge on any atom is 0.241 e. The predicted molar refractivity (Wildman–Crippen MR) is 105 cm³/mol. The van der Waals surface area contributed by atoms with Crippen LogP contribution in [0.4, 0.5) is 5.69 Å². The summed E-state index contributed by atoms with van der Waals surface area (Å²) < 4.78 is 0. The largest absolute Gasteiger partial charge is 0.324 e. The molecule has 1 aromatic rings. The van der Waals surface area contributed by atoms with Crippen molar-refractivity contribution in [2.45, 2.75) is 78.8 Å². The number of hydrogen-bond acceptors (Lipinski definition) is 2. The van der Waals surface area contributed by atoms with E-state index in [1.165, 1.54) is 18.4 Å². The number of amides is 1. The van der Waals surface area contributed by atoms with Crippen molar-refractivity contribution in [3.63, 3.8) is 0 Å². The Kier molecular flexibility index (Phi) is 8.24. The van der Waals surface area contributed by atoms with Gasteiger partial charge in [-0.25, -0.2) is 0 Å². The Morgan fingerprint density at radius 3 is 2.42 bits per heavy atom. The minimum Gasteiger partial charge on any atom is -0.324 e. The van der Waals surface area contributed by atoms with Gasteiger partial charge < -0.3 is 5.32 Å². The van der Waals surface area contributed by atoms with Crippen LogP contribution in [0.2, 0.25) is 0 Å². The number of halogens is 1. The van der Waals surface area contributed by atoms with Crippen LogP contribution in [0.3, 0.4) is 0 Å². The number of carbonyl (C=O) groups excluding carboxylic acids is 1. The first kappa shape index (κ1) is 21.0. The van der Waals surface area contributed by atoms with E-state index >= 15 is 0 Å². The maximum atomic E-state index is 12.9. The zero-order valence-corrected chi connectivity index (χ0v) is 16.6. The van der Waals surface area contributed by atoms with Crippen LogP contribution < -0.4 is 5.32 Å². The number of anilines is 1. The predicted octanol–water partition coefficient (Wildman–Crippen LogP) is 5.02. The second-order valence-electron chi connectivity index (χ2n) is 7.15. The van der Waals surface area contributed by atoms with Gasteiger partial charge in [-0.2, -0.15) is 0 Å². The van der Waals surface area contributed by atoms with E-state index < -0.39 is 0 Å². The molecule has 1 saturated heterocycles. The van der Waals surface area contributed by atoms with E-state index in [4.69, 9.17) is 0 Å². The standard InChI is InChI=1S/C20H32N2O.ClH/c1-6-7-11-22-17(5)9-8-10-18(22)20(23)21-19-15(3)12-14(2)13-16(19)4;/h12-13,17-18H,6-11H2,1-5H3,(H,21,23);1H/t17-,18-;/m0./s1. The molecule has 1 N–H and O–H groups in total. The third kappa shape index (κ3) is 4.97. The molecular formula is C20H33ClN2O. The van der Waals surface area contributed by atoms with E-state index in [2.05, 4.69) is 57.0 Å². The van der Waals surface area contributed by atoms with E-state index in [-0.39, 0.29) is 24.4 Å². The first-order valence-electron chi connectivity index (χ1n) is 9.08. The summed E-state index contributed by atoms with van der Waals surface area (Å²) in [5.41, 5.74) is 4.54. The molecular weight excluding hydrogens is 320 g/mol. The first-order valence-corrected chi connectivity index (χ1v) is 9.08. The molecule has 4 heteroatoms. The molecule has 0 aliphatic carbocycles. The summed E-state index contributed by atoms with van der Waals surface area (Å²) in [6, 6.07) is 4.80. The number of aryl methyl sites for hydroxylation is 3. The van der Waals surface area contributed by atoms with Crippen LogP contribution in [0.25, 0.3) is 0 Å². The van der Waals surface area contributed by atoms with E-state index in [0.29, 0.717) is 6.04 Å². The van der Waals surface area contributed by atoms with Crippen LogP contribution in [-0.2, 0) is 4.79 Å². The van der Waals surface area contributed by atoms with Crippen LogP contribution in [0.1, 0.15) is 62.6 Å². The van der Waals surface area contributed by atoms with E-state index in [9.17, 15) is 4.79 Å². The van der Waals surface area contributed by atoms with Gasteiger partial charge in [-0.15, -0.1) is 12.4 Å². The number of unbranched alkanes of at least 4 members (excludes halogenated alkanes) is 1. The topological polar surface area (TPSA) is 32.3 Å². The number of hydrogen-bond donors (Lipinski definition) is 1. The number of piperidine rings is 1. The summed E-state index contributed by atoms with van der Waals surface area (Å²) >= 11 is 0. The summed E-state index contributed by atoms with van der Waals surface area (Å²) in [7, 11) is 0. The molecule has 0 bridgehead atoms. The zero-order chi connectivity index (χ0) is 17.0. The van der Waals surface area contributed by atoms with Gasteiger partial charge >= 0.3 is 0 Å². The van der Waals surface area contributed by atoms with Crippen molar-refractivity contribution in [2.75, 3.05) is 11.9 Å². The SMILES string of the molecule is CCCCN1[C@@H](C)CCC[C@H]1C(=O)Nc1c(C)cc(C)cc1C.Cl. The highest BCUT2D eigenvalue weighted by Gasteiger charge is 2.32. The minimum atomic E-state index is 0. The molecule has 0 aromatic heterocycles. The molecule has 3 nitrogen and oxygen atoms in total. The van der Waals surface area contributed by atoms with Gasteiger partial charge in [0.1, 0.15) is 0 Å². The molecule has 2 rings (SSSR count). The average Bonchev–Trinajstić information content (AvgIpc) is 2.49. The van der Waals surface area contributed by atoms with Crippen molar-refractivity contribution in [1.29, 1.82) is 0 Å². The highest BCUT2D eigenvalue weighted by atomic mass is 35.5. The molecule has 1 fully saturated rings. The molecule has 0 spiro atoms. The normalized spacial score (nSPS) is 21.2. The van der Waals surface area contributed by atoms with Crippen molar-refractivity contribution >= 4 is 24.0 Å². The fourth-order valence-corrected chi connectivity index (χ4v) is 3.83. The van der Waals surface area contributed by atoms with Crippen molar-refractivity contribution in [3.05, 3.63) is 28.8 Å². The van der Waals surface area contributed by atoms with Gasteiger partial charge in [-0.05, 0) is 71.0 Å². The van der Waals surface area contributed by atoms with Gasteiger partial charge in [-0.1, -0.05) is 31.0 Å². The lowest BCUT2D eigenvalue weighted by atomic mass is 9.95. The lowest BCUT2D eigenvalue weighted by Crippen LogP contribution is -2.51. The van der Waals surface area contributed by atoms with Crippen molar-refractivity contribution < 1.29 is 4.79 Å². The highest BCUT2D eigenvalue weighted by molar-refractivity contribution is 5.96. The second kappa shape index (κ2) is 9.43. The van der Waals surface area contributed by atoms with Gasteiger partial charge in [0.15, 0.2) is 0 Å². The van der Waals surface area contributed by atoms with Crippen molar-refractivity contribution in [3.8, 4) is 0 Å². The number of nitrogens with zero attached hydrogens (tertiary/aromatic N) is 1. The fourth-order valence-electron chi connectivity index (χ4n) is 3.83. The van der Waals surface area contributed by atoms with E-state index in [1.54, 1.807) is 0 Å². The third-order valence-electron chi connectivity index (χ3n) is 5.06. The van der Waals surface area contributed by atoms with Crippen molar-refractivity contribution in [1.82, 2.24) is 4.90 Å².